The van der Waals surface area contributed by atoms with Crippen molar-refractivity contribution in [2.45, 2.75) is 32.0 Å². The minimum atomic E-state index is 0.172. The van der Waals surface area contributed by atoms with Gasteiger partial charge in [-0.25, -0.2) is 0 Å². The first-order chi connectivity index (χ1) is 18.8. The summed E-state index contributed by atoms with van der Waals surface area (Å²) in [6, 6.07) is 20.7. The van der Waals surface area contributed by atoms with Gasteiger partial charge in [-0.05, 0) is 24.0 Å². The molecule has 1 aromatic heterocycles. The molecule has 0 amide bonds. The Bertz CT molecular complexity index is 1010. The normalized spacial score (nSPS) is 14.9. The van der Waals surface area contributed by atoms with Gasteiger partial charge in [0.2, 0.25) is 17.8 Å². The highest BCUT2D eigenvalue weighted by atomic mass is 16.5. The molecule has 204 valence electrons. The van der Waals surface area contributed by atoms with Crippen molar-refractivity contribution in [2.24, 2.45) is 5.73 Å². The minimum Gasteiger partial charge on any atom is -0.378 e. The third-order valence-corrected chi connectivity index (χ3v) is 6.01. The van der Waals surface area contributed by atoms with Crippen LogP contribution in [0.3, 0.4) is 0 Å². The van der Waals surface area contributed by atoms with Gasteiger partial charge < -0.3 is 35.5 Å². The Morgan fingerprint density at radius 3 is 2.05 bits per heavy atom. The summed E-state index contributed by atoms with van der Waals surface area (Å²) in [6.07, 6.45) is 2.29. The second-order valence-corrected chi connectivity index (χ2v) is 9.07. The van der Waals surface area contributed by atoms with Crippen molar-refractivity contribution in [1.29, 1.82) is 0 Å². The van der Waals surface area contributed by atoms with E-state index in [4.69, 9.17) is 29.9 Å². The second kappa shape index (κ2) is 15.8. The predicted octanol–water partition coefficient (Wildman–Crippen LogP) is 3.07. The van der Waals surface area contributed by atoms with E-state index in [1.807, 2.05) is 36.4 Å². The molecular weight excluding hydrogens is 482 g/mol. The summed E-state index contributed by atoms with van der Waals surface area (Å²) in [5, 5.41) is 6.66. The third-order valence-electron chi connectivity index (χ3n) is 6.01. The molecule has 1 atom stereocenters. The van der Waals surface area contributed by atoms with Gasteiger partial charge in [-0.3, -0.25) is 0 Å². The average molecular weight is 522 g/mol. The summed E-state index contributed by atoms with van der Waals surface area (Å²) in [5.41, 5.74) is 7.79. The number of ether oxygens (including phenoxy) is 3. The van der Waals surface area contributed by atoms with Gasteiger partial charge in [-0.2, -0.15) is 15.0 Å². The largest absolute Gasteiger partial charge is 0.378 e. The summed E-state index contributed by atoms with van der Waals surface area (Å²) in [5.74, 6) is 1.62. The first-order valence-corrected chi connectivity index (χ1v) is 13.3. The van der Waals surface area contributed by atoms with Crippen LogP contribution in [-0.2, 0) is 27.3 Å². The molecular formula is C28H39N7O3. The lowest BCUT2D eigenvalue weighted by Crippen LogP contribution is -2.27. The molecule has 4 N–H and O–H groups in total. The fourth-order valence-corrected chi connectivity index (χ4v) is 4.12. The molecule has 2 aromatic carbocycles. The summed E-state index contributed by atoms with van der Waals surface area (Å²) in [7, 11) is 0. The van der Waals surface area contributed by atoms with Crippen molar-refractivity contribution < 1.29 is 14.2 Å². The molecule has 1 fully saturated rings. The Hall–Kier alpha value is -3.31. The zero-order chi connectivity index (χ0) is 26.3. The lowest BCUT2D eigenvalue weighted by atomic mass is 10.2. The van der Waals surface area contributed by atoms with Gasteiger partial charge in [0.05, 0.1) is 32.5 Å². The molecule has 1 aliphatic heterocycles. The van der Waals surface area contributed by atoms with E-state index in [1.165, 1.54) is 11.1 Å². The van der Waals surface area contributed by atoms with Crippen molar-refractivity contribution in [2.75, 3.05) is 68.2 Å². The van der Waals surface area contributed by atoms with E-state index in [0.717, 1.165) is 19.4 Å². The Labute approximate surface area is 224 Å². The number of rotatable bonds is 17. The van der Waals surface area contributed by atoms with Crippen LogP contribution in [0, 0.1) is 0 Å². The molecule has 2 heterocycles. The predicted molar refractivity (Wildman–Crippen MR) is 149 cm³/mol. The average Bonchev–Trinajstić information content (AvgIpc) is 3.48. The quantitative estimate of drug-likeness (QED) is 0.229. The first kappa shape index (κ1) is 27.7. The van der Waals surface area contributed by atoms with Gasteiger partial charge in [0.1, 0.15) is 0 Å². The molecule has 10 heteroatoms. The maximum Gasteiger partial charge on any atom is 0.232 e. The number of benzene rings is 2. The molecule has 1 aliphatic rings. The van der Waals surface area contributed by atoms with Crippen LogP contribution < -0.4 is 21.3 Å². The van der Waals surface area contributed by atoms with E-state index in [1.54, 1.807) is 0 Å². The van der Waals surface area contributed by atoms with Gasteiger partial charge in [-0.1, -0.05) is 60.7 Å². The summed E-state index contributed by atoms with van der Waals surface area (Å²) >= 11 is 0. The van der Waals surface area contributed by atoms with Crippen LogP contribution in [0.5, 0.6) is 0 Å². The van der Waals surface area contributed by atoms with Crippen LogP contribution in [0.15, 0.2) is 60.7 Å². The van der Waals surface area contributed by atoms with Crippen LogP contribution in [0.1, 0.15) is 24.0 Å². The molecule has 3 aromatic rings. The maximum absolute atomic E-state index is 5.77. The molecule has 38 heavy (non-hydrogen) atoms. The van der Waals surface area contributed by atoms with Crippen molar-refractivity contribution in [3.05, 3.63) is 71.8 Å². The van der Waals surface area contributed by atoms with Crippen LogP contribution in [0.4, 0.5) is 17.8 Å². The van der Waals surface area contributed by atoms with E-state index in [-0.39, 0.29) is 6.10 Å². The number of hydrogen-bond donors (Lipinski definition) is 3. The number of hydrogen-bond acceptors (Lipinski definition) is 10. The lowest BCUT2D eigenvalue weighted by molar-refractivity contribution is 0.0547. The Balaban J connectivity index is 1.48. The standard InChI is InChI=1S/C28H39N7O3/c29-13-16-36-18-19-37-17-14-30-26-32-27(31-20-25-12-7-15-38-25)34-28(33-26)35(21-23-8-3-1-4-9-23)22-24-10-5-2-6-11-24/h1-6,8-11,25H,7,12-22,29H2,(H2,30,31,32,33,34). The number of nitrogens with zero attached hydrogens (tertiary/aromatic N) is 4. The molecule has 4 rings (SSSR count). The summed E-state index contributed by atoms with van der Waals surface area (Å²) in [6.45, 7) is 5.95. The Morgan fingerprint density at radius 1 is 0.816 bits per heavy atom. The summed E-state index contributed by atoms with van der Waals surface area (Å²) < 4.78 is 16.8. The van der Waals surface area contributed by atoms with E-state index >= 15 is 0 Å². The van der Waals surface area contributed by atoms with Gasteiger partial charge in [-0.15, -0.1) is 0 Å². The Morgan fingerprint density at radius 2 is 1.45 bits per heavy atom. The second-order valence-electron chi connectivity index (χ2n) is 9.07. The molecule has 1 saturated heterocycles. The number of nitrogens with one attached hydrogen (secondary N) is 2. The number of anilines is 3. The zero-order valence-electron chi connectivity index (χ0n) is 21.9. The van der Waals surface area contributed by atoms with Gasteiger partial charge in [0, 0.05) is 39.3 Å². The van der Waals surface area contributed by atoms with Gasteiger partial charge in [0.15, 0.2) is 0 Å². The van der Waals surface area contributed by atoms with Crippen LogP contribution in [0.2, 0.25) is 0 Å². The maximum atomic E-state index is 5.77. The zero-order valence-corrected chi connectivity index (χ0v) is 21.9. The Kier molecular flexibility index (Phi) is 11.5. The van der Waals surface area contributed by atoms with Crippen molar-refractivity contribution >= 4 is 17.8 Å². The highest BCUT2D eigenvalue weighted by Crippen LogP contribution is 2.20. The lowest BCUT2D eigenvalue weighted by Gasteiger charge is -2.24. The fraction of sp³-hybridized carbons (Fsp3) is 0.464. The van der Waals surface area contributed by atoms with Crippen molar-refractivity contribution in [1.82, 2.24) is 15.0 Å². The number of nitrogens with two attached hydrogens (primary N) is 1. The molecule has 0 aliphatic carbocycles. The van der Waals surface area contributed by atoms with Crippen LogP contribution >= 0.6 is 0 Å². The molecule has 1 unspecified atom stereocenters. The highest BCUT2D eigenvalue weighted by molar-refractivity contribution is 5.45. The highest BCUT2D eigenvalue weighted by Gasteiger charge is 2.18. The van der Waals surface area contributed by atoms with Crippen LogP contribution in [-0.4, -0.2) is 73.7 Å². The van der Waals surface area contributed by atoms with E-state index < -0.39 is 0 Å². The van der Waals surface area contributed by atoms with Gasteiger partial charge >= 0.3 is 0 Å². The SMILES string of the molecule is NCCOCCOCCNc1nc(NCC2CCCO2)nc(N(Cc2ccccc2)Cc2ccccc2)n1. The van der Waals surface area contributed by atoms with Crippen molar-refractivity contribution in [3.8, 4) is 0 Å². The van der Waals surface area contributed by atoms with Gasteiger partial charge in [0.25, 0.3) is 0 Å². The number of aromatic nitrogens is 3. The minimum absolute atomic E-state index is 0.172. The smallest absolute Gasteiger partial charge is 0.232 e. The molecule has 0 radical (unpaired) electrons. The van der Waals surface area contributed by atoms with E-state index in [2.05, 4.69) is 44.8 Å². The molecule has 0 spiro atoms. The molecule has 10 nitrogen and oxygen atoms in total. The fourth-order valence-electron chi connectivity index (χ4n) is 4.12. The van der Waals surface area contributed by atoms with E-state index in [0.29, 0.717) is 77.0 Å². The van der Waals surface area contributed by atoms with E-state index in [9.17, 15) is 0 Å². The molecule has 0 bridgehead atoms. The van der Waals surface area contributed by atoms with Crippen molar-refractivity contribution in [3.63, 3.8) is 0 Å². The summed E-state index contributed by atoms with van der Waals surface area (Å²) in [4.78, 5) is 16.4. The third kappa shape index (κ3) is 9.53. The monoisotopic (exact) mass is 521 g/mol. The molecule has 0 saturated carbocycles. The van der Waals surface area contributed by atoms with Crippen LogP contribution in [0.25, 0.3) is 0 Å². The first-order valence-electron chi connectivity index (χ1n) is 13.3. The topological polar surface area (TPSA) is 120 Å².